The summed E-state index contributed by atoms with van der Waals surface area (Å²) in [4.78, 5) is 13.5. The number of anilines is 1. The first kappa shape index (κ1) is 13.1. The standard InChI is InChI=1S/C13H18N2O2/c1-4-17-13(15(2)3)10-12(16)14-11-8-6-5-7-9-11/h5-10H,4H2,1-3H3,(H,14,16)/b13-10+. The third-order valence-corrected chi connectivity index (χ3v) is 2.03. The molecule has 0 aromatic heterocycles. The molecule has 92 valence electrons. The Balaban J connectivity index is 2.67. The highest BCUT2D eigenvalue weighted by Gasteiger charge is 2.04. The van der Waals surface area contributed by atoms with Gasteiger partial charge in [0.1, 0.15) is 0 Å². The van der Waals surface area contributed by atoms with Crippen LogP contribution in [0, 0.1) is 0 Å². The number of benzene rings is 1. The van der Waals surface area contributed by atoms with Gasteiger partial charge in [-0.05, 0) is 19.1 Å². The maximum Gasteiger partial charge on any atom is 0.253 e. The molecule has 0 saturated heterocycles. The van der Waals surface area contributed by atoms with Crippen molar-refractivity contribution < 1.29 is 9.53 Å². The van der Waals surface area contributed by atoms with Crippen molar-refractivity contribution in [3.63, 3.8) is 0 Å². The maximum absolute atomic E-state index is 11.7. The third kappa shape index (κ3) is 4.59. The molecule has 1 aromatic carbocycles. The highest BCUT2D eigenvalue weighted by molar-refractivity contribution is 5.99. The van der Waals surface area contributed by atoms with Gasteiger partial charge in [0, 0.05) is 19.8 Å². The van der Waals surface area contributed by atoms with Crippen LogP contribution in [0.1, 0.15) is 6.92 Å². The van der Waals surface area contributed by atoms with Crippen LogP contribution in [-0.2, 0) is 9.53 Å². The monoisotopic (exact) mass is 234 g/mol. The lowest BCUT2D eigenvalue weighted by molar-refractivity contribution is -0.112. The first-order chi connectivity index (χ1) is 8.13. The van der Waals surface area contributed by atoms with Gasteiger partial charge in [0.2, 0.25) is 0 Å². The summed E-state index contributed by atoms with van der Waals surface area (Å²) in [5.74, 6) is 0.342. The summed E-state index contributed by atoms with van der Waals surface area (Å²) >= 11 is 0. The molecule has 0 aliphatic carbocycles. The van der Waals surface area contributed by atoms with E-state index >= 15 is 0 Å². The molecular formula is C13H18N2O2. The first-order valence-corrected chi connectivity index (χ1v) is 5.51. The van der Waals surface area contributed by atoms with Crippen LogP contribution in [0.25, 0.3) is 0 Å². The van der Waals surface area contributed by atoms with Crippen LogP contribution in [0.2, 0.25) is 0 Å². The second-order valence-corrected chi connectivity index (χ2v) is 3.67. The zero-order valence-electron chi connectivity index (χ0n) is 10.4. The molecule has 1 aromatic rings. The van der Waals surface area contributed by atoms with Gasteiger partial charge in [-0.3, -0.25) is 4.79 Å². The fourth-order valence-electron chi connectivity index (χ4n) is 1.26. The molecule has 0 spiro atoms. The molecule has 1 N–H and O–H groups in total. The summed E-state index contributed by atoms with van der Waals surface area (Å²) in [6, 6.07) is 9.31. The van der Waals surface area contributed by atoms with Crippen molar-refractivity contribution in [3.05, 3.63) is 42.3 Å². The number of carbonyl (C=O) groups is 1. The van der Waals surface area contributed by atoms with Crippen LogP contribution < -0.4 is 5.32 Å². The van der Waals surface area contributed by atoms with E-state index in [1.165, 1.54) is 6.08 Å². The zero-order chi connectivity index (χ0) is 12.7. The minimum atomic E-state index is -0.201. The number of ether oxygens (including phenoxy) is 1. The summed E-state index contributed by atoms with van der Waals surface area (Å²) in [5, 5.41) is 2.76. The van der Waals surface area contributed by atoms with Crippen molar-refractivity contribution in [1.82, 2.24) is 4.90 Å². The maximum atomic E-state index is 11.7. The van der Waals surface area contributed by atoms with Crippen LogP contribution in [0.3, 0.4) is 0 Å². The molecule has 0 radical (unpaired) electrons. The summed E-state index contributed by atoms with van der Waals surface area (Å²) in [7, 11) is 3.66. The number of nitrogens with one attached hydrogen (secondary N) is 1. The van der Waals surface area contributed by atoms with E-state index < -0.39 is 0 Å². The number of hydrogen-bond acceptors (Lipinski definition) is 3. The summed E-state index contributed by atoms with van der Waals surface area (Å²) in [5.41, 5.74) is 0.767. The quantitative estimate of drug-likeness (QED) is 0.626. The smallest absolute Gasteiger partial charge is 0.253 e. The molecular weight excluding hydrogens is 216 g/mol. The predicted molar refractivity (Wildman–Crippen MR) is 68.5 cm³/mol. The van der Waals surface area contributed by atoms with Crippen molar-refractivity contribution in [2.45, 2.75) is 6.92 Å². The number of rotatable bonds is 5. The van der Waals surface area contributed by atoms with E-state index in [1.807, 2.05) is 51.4 Å². The molecule has 4 nitrogen and oxygen atoms in total. The number of carbonyl (C=O) groups excluding carboxylic acids is 1. The Morgan fingerprint density at radius 1 is 1.35 bits per heavy atom. The van der Waals surface area contributed by atoms with Crippen molar-refractivity contribution in [2.75, 3.05) is 26.0 Å². The second-order valence-electron chi connectivity index (χ2n) is 3.67. The molecule has 17 heavy (non-hydrogen) atoms. The highest BCUT2D eigenvalue weighted by atomic mass is 16.5. The second kappa shape index (κ2) is 6.58. The summed E-state index contributed by atoms with van der Waals surface area (Å²) in [6.45, 7) is 2.41. The first-order valence-electron chi connectivity index (χ1n) is 5.51. The van der Waals surface area contributed by atoms with Crippen molar-refractivity contribution in [2.24, 2.45) is 0 Å². The topological polar surface area (TPSA) is 41.6 Å². The minimum absolute atomic E-state index is 0.201. The van der Waals surface area contributed by atoms with E-state index in [0.717, 1.165) is 5.69 Å². The molecule has 0 aliphatic rings. The predicted octanol–water partition coefficient (Wildman–Crippen LogP) is 2.06. The van der Waals surface area contributed by atoms with E-state index in [4.69, 9.17) is 4.74 Å². The van der Waals surface area contributed by atoms with E-state index in [-0.39, 0.29) is 5.91 Å². The highest BCUT2D eigenvalue weighted by Crippen LogP contribution is 2.06. The molecule has 0 aliphatic heterocycles. The zero-order valence-corrected chi connectivity index (χ0v) is 10.4. The molecule has 0 atom stereocenters. The molecule has 0 fully saturated rings. The molecule has 1 amide bonds. The van der Waals surface area contributed by atoms with E-state index in [2.05, 4.69) is 5.32 Å². The van der Waals surface area contributed by atoms with Gasteiger partial charge in [-0.25, -0.2) is 0 Å². The van der Waals surface area contributed by atoms with Crippen LogP contribution >= 0.6 is 0 Å². The fraction of sp³-hybridized carbons (Fsp3) is 0.308. The average Bonchev–Trinajstić information content (AvgIpc) is 2.29. The van der Waals surface area contributed by atoms with Crippen LogP contribution in [0.15, 0.2) is 42.3 Å². The van der Waals surface area contributed by atoms with Gasteiger partial charge in [-0.15, -0.1) is 0 Å². The van der Waals surface area contributed by atoms with Gasteiger partial charge in [0.05, 0.1) is 12.7 Å². The van der Waals surface area contributed by atoms with Gasteiger partial charge in [0.15, 0.2) is 5.88 Å². The lowest BCUT2D eigenvalue weighted by atomic mass is 10.3. The Bertz CT molecular complexity index is 386. The SMILES string of the molecule is CCO/C(=C/C(=O)Nc1ccccc1)N(C)C. The molecule has 1 rings (SSSR count). The van der Waals surface area contributed by atoms with Gasteiger partial charge in [-0.1, -0.05) is 18.2 Å². The lowest BCUT2D eigenvalue weighted by Gasteiger charge is -2.16. The summed E-state index contributed by atoms with van der Waals surface area (Å²) in [6.07, 6.45) is 1.44. The minimum Gasteiger partial charge on any atom is -0.479 e. The Kier molecular flexibility index (Phi) is 5.07. The van der Waals surface area contributed by atoms with Crippen LogP contribution in [0.4, 0.5) is 5.69 Å². The van der Waals surface area contributed by atoms with Gasteiger partial charge >= 0.3 is 0 Å². The van der Waals surface area contributed by atoms with E-state index in [0.29, 0.717) is 12.5 Å². The molecule has 4 heteroatoms. The molecule has 0 heterocycles. The van der Waals surface area contributed by atoms with Crippen molar-refractivity contribution in [3.8, 4) is 0 Å². The number of hydrogen-bond donors (Lipinski definition) is 1. The Morgan fingerprint density at radius 3 is 2.53 bits per heavy atom. The third-order valence-electron chi connectivity index (χ3n) is 2.03. The van der Waals surface area contributed by atoms with Crippen LogP contribution in [0.5, 0.6) is 0 Å². The van der Waals surface area contributed by atoms with Gasteiger partial charge in [0.25, 0.3) is 5.91 Å². The fourth-order valence-corrected chi connectivity index (χ4v) is 1.26. The Morgan fingerprint density at radius 2 is 2.00 bits per heavy atom. The molecule has 0 unspecified atom stereocenters. The average molecular weight is 234 g/mol. The Labute approximate surface area is 102 Å². The van der Waals surface area contributed by atoms with Gasteiger partial charge < -0.3 is 15.0 Å². The van der Waals surface area contributed by atoms with E-state index in [9.17, 15) is 4.79 Å². The molecule has 0 bridgehead atoms. The number of amides is 1. The van der Waals surface area contributed by atoms with Crippen LogP contribution in [-0.4, -0.2) is 31.5 Å². The number of nitrogens with zero attached hydrogens (tertiary/aromatic N) is 1. The number of para-hydroxylation sites is 1. The van der Waals surface area contributed by atoms with Gasteiger partial charge in [-0.2, -0.15) is 0 Å². The Hall–Kier alpha value is -1.97. The van der Waals surface area contributed by atoms with E-state index in [1.54, 1.807) is 4.90 Å². The lowest BCUT2D eigenvalue weighted by Crippen LogP contribution is -2.18. The normalized spacial score (nSPS) is 10.9. The molecule has 0 saturated carbocycles. The van der Waals surface area contributed by atoms with Crippen molar-refractivity contribution >= 4 is 11.6 Å². The van der Waals surface area contributed by atoms with Crippen molar-refractivity contribution in [1.29, 1.82) is 0 Å². The largest absolute Gasteiger partial charge is 0.479 e. The summed E-state index contributed by atoms with van der Waals surface area (Å²) < 4.78 is 5.34.